The summed E-state index contributed by atoms with van der Waals surface area (Å²) in [7, 11) is -4.69. The molecule has 1 aliphatic carbocycles. The van der Waals surface area contributed by atoms with Crippen molar-refractivity contribution < 1.29 is 62.6 Å². The number of carboxylic acid groups (broad SMARTS) is 1. The molecule has 1 heterocycles. The molecule has 1 aliphatic heterocycles. The molecule has 1 amide bonds. The fraction of sp³-hybridized carbons (Fsp3) is 0.500. The van der Waals surface area contributed by atoms with Gasteiger partial charge in [0.2, 0.25) is 5.91 Å². The van der Waals surface area contributed by atoms with E-state index in [0.29, 0.717) is 12.1 Å². The van der Waals surface area contributed by atoms with E-state index >= 15 is 0 Å². The summed E-state index contributed by atoms with van der Waals surface area (Å²) in [5, 5.41) is 9.27. The highest BCUT2D eigenvalue weighted by Gasteiger charge is 2.73. The van der Waals surface area contributed by atoms with E-state index < -0.39 is 91.7 Å². The summed E-state index contributed by atoms with van der Waals surface area (Å²) in [4.78, 5) is 25.5. The summed E-state index contributed by atoms with van der Waals surface area (Å²) in [6.45, 7) is -2.23. The van der Waals surface area contributed by atoms with Gasteiger partial charge in [0.05, 0.1) is 16.2 Å². The molecule has 2 fully saturated rings. The third kappa shape index (κ3) is 5.32. The number of carbonyl (C=O) groups excluding carboxylic acids is 1. The zero-order chi connectivity index (χ0) is 32.9. The highest BCUT2D eigenvalue weighted by atomic mass is 32.2. The average Bonchev–Trinajstić information content (AvgIpc) is 3.43. The second kappa shape index (κ2) is 11.2. The number of halogens is 9. The van der Waals surface area contributed by atoms with Crippen LogP contribution in [0, 0.1) is 17.2 Å². The quantitative estimate of drug-likeness (QED) is 0.281. The van der Waals surface area contributed by atoms with Crippen LogP contribution in [0.15, 0.2) is 53.4 Å². The summed E-state index contributed by atoms with van der Waals surface area (Å²) in [6, 6.07) is 4.92. The van der Waals surface area contributed by atoms with Crippen molar-refractivity contribution in [2.24, 2.45) is 11.3 Å². The van der Waals surface area contributed by atoms with Crippen LogP contribution < -0.4 is 0 Å². The van der Waals surface area contributed by atoms with E-state index in [-0.39, 0.29) is 49.9 Å². The smallest absolute Gasteiger partial charge is 0.435 e. The lowest BCUT2D eigenvalue weighted by Gasteiger charge is -2.39. The number of carbonyl (C=O) groups is 2. The van der Waals surface area contributed by atoms with Gasteiger partial charge in [-0.1, -0.05) is 24.3 Å². The van der Waals surface area contributed by atoms with Gasteiger partial charge in [-0.05, 0) is 61.9 Å². The van der Waals surface area contributed by atoms with Gasteiger partial charge in [-0.15, -0.1) is 0 Å². The maximum absolute atomic E-state index is 14.7. The van der Waals surface area contributed by atoms with Gasteiger partial charge in [-0.2, -0.15) is 26.3 Å². The first-order chi connectivity index (χ1) is 20.3. The zero-order valence-corrected chi connectivity index (χ0v) is 23.5. The minimum atomic E-state index is -6.42. The van der Waals surface area contributed by atoms with Crippen LogP contribution in [-0.2, 0) is 29.8 Å². The lowest BCUT2D eigenvalue weighted by Crippen LogP contribution is -2.50. The van der Waals surface area contributed by atoms with Crippen LogP contribution in [0.25, 0.3) is 0 Å². The number of hydrogen-bond acceptors (Lipinski definition) is 4. The van der Waals surface area contributed by atoms with Crippen LogP contribution in [0.4, 0.5) is 39.5 Å². The topological polar surface area (TPSA) is 91.8 Å². The number of benzene rings is 2. The average molecular weight is 660 g/mol. The van der Waals surface area contributed by atoms with Gasteiger partial charge in [-0.3, -0.25) is 9.59 Å². The van der Waals surface area contributed by atoms with Crippen molar-refractivity contribution in [2.75, 3.05) is 19.8 Å². The molecule has 0 radical (unpaired) electrons. The van der Waals surface area contributed by atoms with E-state index in [1.165, 1.54) is 0 Å². The second-order valence-corrected chi connectivity index (χ2v) is 13.4. The van der Waals surface area contributed by atoms with Crippen LogP contribution >= 0.6 is 0 Å². The molecule has 1 atom stereocenters. The molecule has 1 unspecified atom stereocenters. The molecule has 242 valence electrons. The molecule has 0 spiro atoms. The maximum Gasteiger partial charge on any atom is 0.435 e. The molecule has 6 nitrogen and oxygen atoms in total. The molecule has 1 saturated carbocycles. The van der Waals surface area contributed by atoms with Crippen molar-refractivity contribution in [3.05, 3.63) is 65.5 Å². The molecule has 0 aromatic heterocycles. The van der Waals surface area contributed by atoms with Gasteiger partial charge in [0, 0.05) is 18.7 Å². The van der Waals surface area contributed by atoms with Gasteiger partial charge in [0.1, 0.15) is 17.2 Å². The Kier molecular flexibility index (Phi) is 8.59. The lowest BCUT2D eigenvalue weighted by molar-refractivity contribution is -0.348. The predicted molar refractivity (Wildman–Crippen MR) is 136 cm³/mol. The Labute approximate surface area is 245 Å². The van der Waals surface area contributed by atoms with Crippen molar-refractivity contribution in [1.29, 1.82) is 0 Å². The van der Waals surface area contributed by atoms with E-state index in [4.69, 9.17) is 0 Å². The first kappa shape index (κ1) is 33.6. The van der Waals surface area contributed by atoms with E-state index in [2.05, 4.69) is 0 Å². The number of nitrogens with zero attached hydrogens (tertiary/aromatic N) is 1. The Morgan fingerprint density at radius 3 is 1.84 bits per heavy atom. The van der Waals surface area contributed by atoms with Crippen molar-refractivity contribution in [3.8, 4) is 0 Å². The van der Waals surface area contributed by atoms with Crippen LogP contribution in [0.3, 0.4) is 0 Å². The first-order valence-corrected chi connectivity index (χ1v) is 14.8. The third-order valence-corrected chi connectivity index (χ3v) is 11.2. The normalized spacial score (nSPS) is 25.2. The number of aliphatic carboxylic acids is 1. The minimum Gasteiger partial charge on any atom is -0.481 e. The number of alkyl halides is 8. The van der Waals surface area contributed by atoms with Crippen LogP contribution in [0.5, 0.6) is 0 Å². The monoisotopic (exact) mass is 659 g/mol. The van der Waals surface area contributed by atoms with Gasteiger partial charge in [-0.25, -0.2) is 21.6 Å². The van der Waals surface area contributed by atoms with E-state index in [1.807, 2.05) is 0 Å². The number of likely N-dealkylation sites (tertiary alicyclic amines) is 1. The van der Waals surface area contributed by atoms with Crippen LogP contribution in [0.2, 0.25) is 0 Å². The Morgan fingerprint density at radius 1 is 0.864 bits per heavy atom. The summed E-state index contributed by atoms with van der Waals surface area (Å²) in [5.74, 6) is -3.57. The summed E-state index contributed by atoms with van der Waals surface area (Å²) < 4.78 is 149. The Hall–Kier alpha value is -3.30. The molecule has 1 saturated heterocycles. The Morgan fingerprint density at radius 2 is 1.39 bits per heavy atom. The van der Waals surface area contributed by atoms with Gasteiger partial charge in [0.25, 0.3) is 0 Å². The molecule has 0 bridgehead atoms. The van der Waals surface area contributed by atoms with Crippen LogP contribution in [-0.4, -0.2) is 62.4 Å². The third-order valence-electron chi connectivity index (χ3n) is 8.75. The Bertz CT molecular complexity index is 1490. The number of amides is 1. The molecule has 2 aromatic carbocycles. The maximum atomic E-state index is 14.7. The molecule has 44 heavy (non-hydrogen) atoms. The SMILES string of the molecule is O=C(O)C1CCC(CF)(C(=O)N2CCC(c3ccc(C(F)(C(F)(F)F)C(F)(F)F)cc3)(S(=O)(=O)c3ccc(F)cc3)C2)CC1. The van der Waals surface area contributed by atoms with Crippen molar-refractivity contribution in [2.45, 2.75) is 59.8 Å². The van der Waals surface area contributed by atoms with Crippen LogP contribution in [0.1, 0.15) is 43.2 Å². The predicted octanol–water partition coefficient (Wildman–Crippen LogP) is 6.25. The standard InChI is InChI=1S/C28H26F9NO5S/c29-15-24(11-9-17(10-12-24)22(39)40)23(41)38-14-13-25(16-38,44(42,43)21-7-5-20(30)6-8-21)18-1-3-19(4-2-18)26(31,27(32,33)34)28(35,36)37/h1-8,17H,9-16H2,(H,39,40). The van der Waals surface area contributed by atoms with Crippen molar-refractivity contribution in [3.63, 3.8) is 0 Å². The molecule has 4 rings (SSSR count). The van der Waals surface area contributed by atoms with Gasteiger partial charge < -0.3 is 10.0 Å². The zero-order valence-electron chi connectivity index (χ0n) is 22.7. The van der Waals surface area contributed by atoms with Crippen molar-refractivity contribution in [1.82, 2.24) is 4.90 Å². The molecule has 2 aromatic rings. The van der Waals surface area contributed by atoms with E-state index in [9.17, 15) is 62.6 Å². The highest BCUT2D eigenvalue weighted by Crippen LogP contribution is 2.54. The number of hydrogen-bond donors (Lipinski definition) is 1. The summed E-state index contributed by atoms with van der Waals surface area (Å²) in [6.07, 6.45) is -13.6. The molecular weight excluding hydrogens is 633 g/mol. The summed E-state index contributed by atoms with van der Waals surface area (Å²) >= 11 is 0. The summed E-state index contributed by atoms with van der Waals surface area (Å²) in [5.41, 5.74) is -9.68. The number of rotatable bonds is 7. The van der Waals surface area contributed by atoms with E-state index in [0.717, 1.165) is 29.2 Å². The molecule has 16 heteroatoms. The fourth-order valence-electron chi connectivity index (χ4n) is 6.05. The van der Waals surface area contributed by atoms with Gasteiger partial charge >= 0.3 is 24.0 Å². The molecule has 2 aliphatic rings. The second-order valence-electron chi connectivity index (χ2n) is 11.2. The molecular formula is C28H26F9NO5S. The number of sulfone groups is 1. The fourth-order valence-corrected chi connectivity index (χ4v) is 8.13. The largest absolute Gasteiger partial charge is 0.481 e. The highest BCUT2D eigenvalue weighted by molar-refractivity contribution is 7.92. The first-order valence-electron chi connectivity index (χ1n) is 13.3. The van der Waals surface area contributed by atoms with Crippen molar-refractivity contribution >= 4 is 21.7 Å². The van der Waals surface area contributed by atoms with E-state index in [1.54, 1.807) is 0 Å². The van der Waals surface area contributed by atoms with Gasteiger partial charge in [0.15, 0.2) is 9.84 Å². The molecule has 1 N–H and O–H groups in total. The lowest BCUT2D eigenvalue weighted by atomic mass is 9.70. The number of carboxylic acids is 1. The minimum absolute atomic E-state index is 0.0251. The Balaban J connectivity index is 1.79.